The second kappa shape index (κ2) is 16.4. The van der Waals surface area contributed by atoms with Crippen LogP contribution in [0.15, 0.2) is 120 Å². The zero-order chi connectivity index (χ0) is 31.4. The van der Waals surface area contributed by atoms with Crippen LogP contribution >= 0.6 is 0 Å². The Balaban J connectivity index is 0.000000254. The summed E-state index contributed by atoms with van der Waals surface area (Å²) in [5.41, 5.74) is 8.56. The summed E-state index contributed by atoms with van der Waals surface area (Å²) in [7, 11) is 0. The van der Waals surface area contributed by atoms with Gasteiger partial charge in [0.1, 0.15) is 0 Å². The first-order chi connectivity index (χ1) is 20.2. The molecule has 45 heavy (non-hydrogen) atoms. The molecule has 5 aromatic carbocycles. The molecule has 0 aromatic heterocycles. The van der Waals surface area contributed by atoms with E-state index < -0.39 is 0 Å². The summed E-state index contributed by atoms with van der Waals surface area (Å²) in [5, 5.41) is 5.49. The summed E-state index contributed by atoms with van der Waals surface area (Å²) in [5.74, 6) is 0.551. The third kappa shape index (κ3) is 10.3. The quantitative estimate of drug-likeness (QED) is 0.214. The van der Waals surface area contributed by atoms with E-state index >= 15 is 0 Å². The van der Waals surface area contributed by atoms with Gasteiger partial charge in [0, 0.05) is 0 Å². The third-order valence-electron chi connectivity index (χ3n) is 8.10. The summed E-state index contributed by atoms with van der Waals surface area (Å²) in [6.07, 6.45) is 5.52. The second-order valence-corrected chi connectivity index (χ2v) is 15.0. The van der Waals surface area contributed by atoms with Gasteiger partial charge in [0.15, 0.2) is 0 Å². The number of allylic oxidation sites excluding steroid dienone is 4. The van der Waals surface area contributed by atoms with E-state index in [1.54, 1.807) is 0 Å². The van der Waals surface area contributed by atoms with Crippen LogP contribution in [-0.2, 0) is 35.1 Å². The Morgan fingerprint density at radius 2 is 1.04 bits per heavy atom. The van der Waals surface area contributed by atoms with Crippen LogP contribution in [0.2, 0.25) is 0 Å². The molecule has 1 aliphatic carbocycles. The minimum atomic E-state index is 0. The van der Waals surface area contributed by atoms with E-state index in [0.717, 1.165) is 0 Å². The topological polar surface area (TPSA) is 0 Å². The van der Waals surface area contributed by atoms with E-state index in [1.165, 1.54) is 82.4 Å². The summed E-state index contributed by atoms with van der Waals surface area (Å²) in [6.45, 7) is 20.1. The van der Waals surface area contributed by atoms with Crippen LogP contribution in [0.4, 0.5) is 0 Å². The summed E-state index contributed by atoms with van der Waals surface area (Å²) < 4.78 is 1.42. The molecular formula is C42H46Cl2Zr-2. The molecule has 6 rings (SSSR count). The number of fused-ring (bicyclic) bond motifs is 3. The molecular weight excluding hydrogens is 667 g/mol. The van der Waals surface area contributed by atoms with Gasteiger partial charge in [-0.3, -0.25) is 6.08 Å². The molecule has 0 nitrogen and oxygen atoms in total. The fourth-order valence-corrected chi connectivity index (χ4v) is 6.12. The number of benzene rings is 4. The maximum absolute atomic E-state index is 3.29. The van der Waals surface area contributed by atoms with E-state index in [1.807, 2.05) is 0 Å². The van der Waals surface area contributed by atoms with Crippen LogP contribution in [0.1, 0.15) is 84.6 Å². The van der Waals surface area contributed by atoms with Gasteiger partial charge in [-0.25, -0.2) is 11.1 Å². The van der Waals surface area contributed by atoms with Gasteiger partial charge in [-0.15, -0.1) is 46.7 Å². The van der Waals surface area contributed by atoms with Crippen LogP contribution in [0.25, 0.3) is 21.5 Å². The zero-order valence-electron chi connectivity index (χ0n) is 28.2. The maximum atomic E-state index is 3.29. The zero-order valence-corrected chi connectivity index (χ0v) is 32.2. The first-order valence-electron chi connectivity index (χ1n) is 15.4. The van der Waals surface area contributed by atoms with Gasteiger partial charge in [-0.1, -0.05) is 96.7 Å². The summed E-state index contributed by atoms with van der Waals surface area (Å²) >= 11 is 1.46. The first-order valence-corrected chi connectivity index (χ1v) is 16.6. The first kappa shape index (κ1) is 38.7. The average Bonchev–Trinajstić information content (AvgIpc) is 3.49. The number of hydrogen-bond acceptors (Lipinski definition) is 0. The van der Waals surface area contributed by atoms with E-state index in [-0.39, 0.29) is 35.6 Å². The minimum absolute atomic E-state index is 0. The molecule has 0 saturated carbocycles. The molecule has 0 aliphatic heterocycles. The fraction of sp³-hybridized carbons (Fsp3) is 0.286. The molecule has 1 atom stereocenters. The van der Waals surface area contributed by atoms with Crippen LogP contribution in [-0.4, -0.2) is 3.21 Å². The van der Waals surface area contributed by atoms with E-state index in [9.17, 15) is 0 Å². The molecule has 0 saturated heterocycles. The van der Waals surface area contributed by atoms with Gasteiger partial charge in [0.2, 0.25) is 0 Å². The van der Waals surface area contributed by atoms with Gasteiger partial charge in [-0.2, -0.15) is 6.08 Å². The van der Waals surface area contributed by atoms with Crippen molar-refractivity contribution in [2.75, 3.05) is 0 Å². The monoisotopic (exact) mass is 710 g/mol. The molecule has 5 aromatic rings. The van der Waals surface area contributed by atoms with E-state index in [4.69, 9.17) is 0 Å². The Hall–Kier alpha value is -2.44. The van der Waals surface area contributed by atoms with Gasteiger partial charge in [-0.05, 0) is 10.8 Å². The Morgan fingerprint density at radius 1 is 0.644 bits per heavy atom. The molecule has 0 bridgehead atoms. The average molecular weight is 713 g/mol. The molecule has 0 radical (unpaired) electrons. The van der Waals surface area contributed by atoms with Gasteiger partial charge in [0.05, 0.1) is 0 Å². The van der Waals surface area contributed by atoms with Gasteiger partial charge < -0.3 is 24.8 Å². The van der Waals surface area contributed by atoms with Crippen molar-refractivity contribution in [1.29, 1.82) is 0 Å². The standard InChI is InChI=1S/C21H25.C13H10.C8H11.2ClH.Zr/c1-20(2,3)16-9-7-14-11-15-8-10-17(21(4,5)6)13-19(15)18(14)12-16;1-3-7-12(8-4-1)11-13-9-5-2-6-10-13;1-6-4-7(2)8(3)5-6;;;/h7-13H,1-6H3;1-10H;4,6H,1-3H3;2*1H;/q-1;;-1;;;+2/p-2. The van der Waals surface area contributed by atoms with E-state index in [0.29, 0.717) is 5.92 Å². The molecule has 1 aliphatic rings. The van der Waals surface area contributed by atoms with Crippen molar-refractivity contribution >= 4 is 24.8 Å². The predicted octanol–water partition coefficient (Wildman–Crippen LogP) is 5.45. The molecule has 0 spiro atoms. The molecule has 0 N–H and O–H groups in total. The van der Waals surface area contributed by atoms with Crippen molar-refractivity contribution in [3.8, 4) is 0 Å². The molecule has 0 amide bonds. The Bertz CT molecular complexity index is 1630. The van der Waals surface area contributed by atoms with Crippen LogP contribution in [0.3, 0.4) is 0 Å². The second-order valence-electron chi connectivity index (χ2n) is 13.8. The number of hydrogen-bond donors (Lipinski definition) is 0. The Morgan fingerprint density at radius 3 is 1.33 bits per heavy atom. The van der Waals surface area contributed by atoms with Gasteiger partial charge >= 0.3 is 99.2 Å². The van der Waals surface area contributed by atoms with Crippen molar-refractivity contribution in [3.63, 3.8) is 0 Å². The van der Waals surface area contributed by atoms with Crippen molar-refractivity contribution in [3.05, 3.63) is 149 Å². The van der Waals surface area contributed by atoms with E-state index in [2.05, 4.69) is 178 Å². The van der Waals surface area contributed by atoms with Crippen molar-refractivity contribution in [2.24, 2.45) is 5.92 Å². The predicted molar refractivity (Wildman–Crippen MR) is 186 cm³/mol. The Kier molecular flexibility index (Phi) is 14.1. The molecule has 234 valence electrons. The van der Waals surface area contributed by atoms with Crippen LogP contribution in [0.5, 0.6) is 0 Å². The fourth-order valence-electron chi connectivity index (χ4n) is 5.30. The summed E-state index contributed by atoms with van der Waals surface area (Å²) in [6, 6.07) is 37.3. The van der Waals surface area contributed by atoms with Crippen molar-refractivity contribution < 1.29 is 49.0 Å². The normalized spacial score (nSPS) is 14.2. The third-order valence-corrected chi connectivity index (χ3v) is 9.52. The molecule has 3 heteroatoms. The molecule has 1 unspecified atom stereocenters. The molecule has 0 fully saturated rings. The van der Waals surface area contributed by atoms with Crippen molar-refractivity contribution in [1.82, 2.24) is 0 Å². The SMILES string of the molecule is CC(C)(C)c1ccc2[cH-]c3ccc(C(C)(C)C)cc3c2c1.CC1=[C-]C(C)C=C1C.[Cl-].[Cl-].[Zr+2]=[C](c1ccccc1)c1ccccc1. The van der Waals surface area contributed by atoms with Gasteiger partial charge in [0.25, 0.3) is 0 Å². The van der Waals surface area contributed by atoms with Crippen LogP contribution in [0, 0.1) is 12.0 Å². The van der Waals surface area contributed by atoms with Crippen molar-refractivity contribution in [2.45, 2.75) is 73.1 Å². The number of halogens is 2. The number of rotatable bonds is 2. The summed E-state index contributed by atoms with van der Waals surface area (Å²) in [4.78, 5) is 0. The molecule has 0 heterocycles. The van der Waals surface area contributed by atoms with Crippen LogP contribution < -0.4 is 24.8 Å². The Labute approximate surface area is 299 Å².